The third kappa shape index (κ3) is 2.02. The Morgan fingerprint density at radius 2 is 2.18 bits per heavy atom. The fourth-order valence-corrected chi connectivity index (χ4v) is 2.49. The zero-order valence-corrected chi connectivity index (χ0v) is 10.8. The topological polar surface area (TPSA) is 72.9 Å². The average molecular weight is 254 g/mol. The quantitative estimate of drug-likeness (QED) is 0.825. The van der Waals surface area contributed by atoms with E-state index < -0.39 is 5.97 Å². The van der Waals surface area contributed by atoms with Gasteiger partial charge in [0.05, 0.1) is 11.4 Å². The maximum absolute atomic E-state index is 10.6. The second-order valence-electron chi connectivity index (χ2n) is 3.73. The summed E-state index contributed by atoms with van der Waals surface area (Å²) in [6.45, 7) is 2.03. The number of rotatable bonds is 4. The van der Waals surface area contributed by atoms with Crippen molar-refractivity contribution < 1.29 is 9.90 Å². The normalized spacial score (nSPS) is 11.2. The molecule has 2 aromatic heterocycles. The van der Waals surface area contributed by atoms with Gasteiger partial charge in [0.25, 0.3) is 0 Å². The summed E-state index contributed by atoms with van der Waals surface area (Å²) >= 11 is 1.22. The lowest BCUT2D eigenvalue weighted by Crippen LogP contribution is -2.02. The standard InChI is InChI=1S/C10H14N4O2S/c1-4-6-8-9(14(3)12-6)13(2)10(11-8)17-5-7(15)16/h4-5H2,1-3H3,(H,15,16). The van der Waals surface area contributed by atoms with Crippen molar-refractivity contribution in [2.24, 2.45) is 14.1 Å². The van der Waals surface area contributed by atoms with E-state index in [1.54, 1.807) is 4.68 Å². The molecule has 0 aliphatic rings. The summed E-state index contributed by atoms with van der Waals surface area (Å²) in [5, 5.41) is 13.8. The molecule has 0 saturated heterocycles. The van der Waals surface area contributed by atoms with Crippen molar-refractivity contribution in [1.29, 1.82) is 0 Å². The number of aliphatic carboxylic acids is 1. The van der Waals surface area contributed by atoms with Crippen LogP contribution in [0.25, 0.3) is 11.2 Å². The Morgan fingerprint density at radius 3 is 2.76 bits per heavy atom. The fourth-order valence-electron chi connectivity index (χ4n) is 1.80. The predicted molar refractivity (Wildman–Crippen MR) is 65.2 cm³/mol. The zero-order chi connectivity index (χ0) is 12.6. The number of fused-ring (bicyclic) bond motifs is 1. The zero-order valence-electron chi connectivity index (χ0n) is 9.97. The smallest absolute Gasteiger partial charge is 0.313 e. The van der Waals surface area contributed by atoms with Gasteiger partial charge in [-0.2, -0.15) is 5.10 Å². The van der Waals surface area contributed by atoms with E-state index in [0.29, 0.717) is 5.16 Å². The van der Waals surface area contributed by atoms with Gasteiger partial charge in [-0.1, -0.05) is 18.7 Å². The summed E-state index contributed by atoms with van der Waals surface area (Å²) in [6.07, 6.45) is 0.817. The van der Waals surface area contributed by atoms with Crippen molar-refractivity contribution in [1.82, 2.24) is 19.3 Å². The van der Waals surface area contributed by atoms with Crippen LogP contribution in [-0.2, 0) is 25.3 Å². The van der Waals surface area contributed by atoms with Gasteiger partial charge in [0, 0.05) is 14.1 Å². The van der Waals surface area contributed by atoms with Crippen molar-refractivity contribution in [3.05, 3.63) is 5.69 Å². The van der Waals surface area contributed by atoms with Crippen molar-refractivity contribution in [3.8, 4) is 0 Å². The lowest BCUT2D eigenvalue weighted by atomic mass is 10.3. The number of hydrogen-bond acceptors (Lipinski definition) is 4. The minimum Gasteiger partial charge on any atom is -0.481 e. The summed E-state index contributed by atoms with van der Waals surface area (Å²) in [4.78, 5) is 15.0. The molecule has 0 bridgehead atoms. The molecule has 6 nitrogen and oxygen atoms in total. The van der Waals surface area contributed by atoms with Gasteiger partial charge in [-0.15, -0.1) is 0 Å². The second kappa shape index (κ2) is 4.40. The number of carbonyl (C=O) groups is 1. The molecule has 0 unspecified atom stereocenters. The molecule has 2 aromatic rings. The Labute approximate surface area is 103 Å². The molecule has 0 aliphatic carbocycles. The maximum Gasteiger partial charge on any atom is 0.313 e. The highest BCUT2D eigenvalue weighted by Crippen LogP contribution is 2.24. The van der Waals surface area contributed by atoms with Gasteiger partial charge in [-0.3, -0.25) is 9.48 Å². The second-order valence-corrected chi connectivity index (χ2v) is 4.67. The van der Waals surface area contributed by atoms with E-state index >= 15 is 0 Å². The van der Waals surface area contributed by atoms with Crippen LogP contribution in [0.1, 0.15) is 12.6 Å². The summed E-state index contributed by atoms with van der Waals surface area (Å²) in [6, 6.07) is 0. The Kier molecular flexibility index (Phi) is 3.10. The number of carboxylic acid groups (broad SMARTS) is 1. The first-order valence-electron chi connectivity index (χ1n) is 5.27. The molecule has 1 N–H and O–H groups in total. The average Bonchev–Trinajstić information content (AvgIpc) is 2.75. The molecule has 7 heteroatoms. The molecule has 2 rings (SSSR count). The van der Waals surface area contributed by atoms with Crippen molar-refractivity contribution >= 4 is 28.9 Å². The van der Waals surface area contributed by atoms with Crippen LogP contribution in [-0.4, -0.2) is 36.2 Å². The molecule has 0 atom stereocenters. The van der Waals surface area contributed by atoms with Gasteiger partial charge >= 0.3 is 5.97 Å². The summed E-state index contributed by atoms with van der Waals surface area (Å²) in [5.41, 5.74) is 2.74. The van der Waals surface area contributed by atoms with Crippen LogP contribution in [0.2, 0.25) is 0 Å². The van der Waals surface area contributed by atoms with E-state index in [2.05, 4.69) is 10.1 Å². The van der Waals surface area contributed by atoms with Crippen LogP contribution in [0.5, 0.6) is 0 Å². The highest BCUT2D eigenvalue weighted by atomic mass is 32.2. The first kappa shape index (κ1) is 12.0. The van der Waals surface area contributed by atoms with Crippen LogP contribution in [0.4, 0.5) is 0 Å². The van der Waals surface area contributed by atoms with Crippen molar-refractivity contribution in [2.45, 2.75) is 18.5 Å². The number of aryl methyl sites for hydroxylation is 3. The maximum atomic E-state index is 10.6. The van der Waals surface area contributed by atoms with Gasteiger partial charge < -0.3 is 9.67 Å². The number of thioether (sulfide) groups is 1. The van der Waals surface area contributed by atoms with Gasteiger partial charge in [-0.25, -0.2) is 4.98 Å². The van der Waals surface area contributed by atoms with Crippen molar-refractivity contribution in [3.63, 3.8) is 0 Å². The highest BCUT2D eigenvalue weighted by molar-refractivity contribution is 7.99. The number of aromatic nitrogens is 4. The van der Waals surface area contributed by atoms with Gasteiger partial charge in [-0.05, 0) is 6.42 Å². The molecule has 0 fully saturated rings. The van der Waals surface area contributed by atoms with E-state index in [1.807, 2.05) is 25.6 Å². The van der Waals surface area contributed by atoms with Crippen LogP contribution < -0.4 is 0 Å². The summed E-state index contributed by atoms with van der Waals surface area (Å²) in [7, 11) is 3.75. The molecular formula is C10H14N4O2S. The molecular weight excluding hydrogens is 240 g/mol. The first-order chi connectivity index (χ1) is 8.04. The Morgan fingerprint density at radius 1 is 1.47 bits per heavy atom. The van der Waals surface area contributed by atoms with Crippen LogP contribution in [0, 0.1) is 0 Å². The number of hydrogen-bond donors (Lipinski definition) is 1. The van der Waals surface area contributed by atoms with Crippen LogP contribution >= 0.6 is 11.8 Å². The molecule has 0 amide bonds. The van der Waals surface area contributed by atoms with E-state index in [0.717, 1.165) is 23.3 Å². The van der Waals surface area contributed by atoms with E-state index in [9.17, 15) is 4.79 Å². The lowest BCUT2D eigenvalue weighted by molar-refractivity contribution is -0.133. The van der Waals surface area contributed by atoms with Gasteiger partial charge in [0.1, 0.15) is 5.52 Å². The largest absolute Gasteiger partial charge is 0.481 e. The molecule has 0 aromatic carbocycles. The highest BCUT2D eigenvalue weighted by Gasteiger charge is 2.16. The number of carboxylic acids is 1. The number of nitrogens with zero attached hydrogens (tertiary/aromatic N) is 4. The Hall–Kier alpha value is -1.50. The van der Waals surface area contributed by atoms with Crippen LogP contribution in [0.15, 0.2) is 5.16 Å². The minimum absolute atomic E-state index is 0.0199. The molecule has 0 aliphatic heterocycles. The van der Waals surface area contributed by atoms with Crippen LogP contribution in [0.3, 0.4) is 0 Å². The Balaban J connectivity index is 2.45. The summed E-state index contributed by atoms with van der Waals surface area (Å²) < 4.78 is 3.67. The van der Waals surface area contributed by atoms with E-state index in [-0.39, 0.29) is 5.75 Å². The molecule has 2 heterocycles. The SMILES string of the molecule is CCc1nn(C)c2c1nc(SCC(=O)O)n2C. The first-order valence-corrected chi connectivity index (χ1v) is 6.26. The van der Waals surface area contributed by atoms with Gasteiger partial charge in [0.2, 0.25) is 0 Å². The van der Waals surface area contributed by atoms with Gasteiger partial charge in [0.15, 0.2) is 10.8 Å². The molecule has 92 valence electrons. The fraction of sp³-hybridized carbons (Fsp3) is 0.500. The van der Waals surface area contributed by atoms with E-state index in [4.69, 9.17) is 5.11 Å². The molecule has 17 heavy (non-hydrogen) atoms. The van der Waals surface area contributed by atoms with Crippen molar-refractivity contribution in [2.75, 3.05) is 5.75 Å². The molecule has 0 saturated carbocycles. The number of imidazole rings is 1. The lowest BCUT2D eigenvalue weighted by Gasteiger charge is -2.00. The third-order valence-corrected chi connectivity index (χ3v) is 3.55. The Bertz CT molecular complexity index is 572. The monoisotopic (exact) mass is 254 g/mol. The predicted octanol–water partition coefficient (Wildman–Crippen LogP) is 1.05. The summed E-state index contributed by atoms with van der Waals surface area (Å²) in [5.74, 6) is -0.817. The third-order valence-electron chi connectivity index (χ3n) is 2.53. The minimum atomic E-state index is -0.837. The molecule has 0 spiro atoms. The molecule has 0 radical (unpaired) electrons. The van der Waals surface area contributed by atoms with E-state index in [1.165, 1.54) is 11.8 Å².